The molecule has 0 saturated heterocycles. The molecule has 6 nitrogen and oxygen atoms in total. The van der Waals surface area contributed by atoms with Crippen molar-refractivity contribution in [2.45, 2.75) is 24.4 Å². The van der Waals surface area contributed by atoms with Crippen molar-refractivity contribution in [2.75, 3.05) is 18.2 Å². The van der Waals surface area contributed by atoms with Crippen molar-refractivity contribution in [3.05, 3.63) is 83.4 Å². The van der Waals surface area contributed by atoms with Gasteiger partial charge in [-0.05, 0) is 55.5 Å². The van der Waals surface area contributed by atoms with E-state index in [4.69, 9.17) is 4.74 Å². The highest BCUT2D eigenvalue weighted by Crippen LogP contribution is 2.37. The molecule has 0 atom stereocenters. The van der Waals surface area contributed by atoms with Gasteiger partial charge in [-0.25, -0.2) is 0 Å². The van der Waals surface area contributed by atoms with E-state index in [9.17, 15) is 31.1 Å². The maximum Gasteiger partial charge on any atom is 0.416 e. The first-order valence-electron chi connectivity index (χ1n) is 11.2. The summed E-state index contributed by atoms with van der Waals surface area (Å²) in [5, 5.41) is 10.9. The molecular weight excluding hydrogens is 546 g/mol. The third-order valence-electron chi connectivity index (χ3n) is 5.44. The van der Waals surface area contributed by atoms with Crippen LogP contribution in [0.25, 0.3) is 17.1 Å². The number of carbonyl (C=O) groups is 1. The largest absolute Gasteiger partial charge is 0.497 e. The molecule has 204 valence electrons. The summed E-state index contributed by atoms with van der Waals surface area (Å²) < 4.78 is 85.8. The fraction of sp³-hybridized carbons (Fsp3) is 0.192. The number of rotatable bonds is 7. The Bertz CT molecular complexity index is 1450. The number of nitrogens with one attached hydrogen (secondary N) is 1. The summed E-state index contributed by atoms with van der Waals surface area (Å²) in [6.07, 6.45) is -10.1. The Balaban J connectivity index is 1.61. The Labute approximate surface area is 223 Å². The SMILES string of the molecule is COc1ccc(-n2c(SCC(=O)Nc3cc(C(F)(F)F)cc(C(F)(F)F)c3)nnc2-c2cccc(C)c2)cc1. The molecule has 0 aliphatic rings. The summed E-state index contributed by atoms with van der Waals surface area (Å²) in [6.45, 7) is 1.91. The number of amides is 1. The standard InChI is InChI=1S/C26H20F6N4O2S/c1-15-4-3-5-16(10-15)23-34-35-24(36(23)20-6-8-21(38-2)9-7-20)39-14-22(37)33-19-12-17(25(27,28)29)11-18(13-19)26(30,31)32/h3-13H,14H2,1-2H3,(H,33,37). The summed E-state index contributed by atoms with van der Waals surface area (Å²) in [4.78, 5) is 12.6. The highest BCUT2D eigenvalue weighted by molar-refractivity contribution is 7.99. The maximum absolute atomic E-state index is 13.2. The van der Waals surface area contributed by atoms with Gasteiger partial charge in [0.15, 0.2) is 11.0 Å². The zero-order valence-electron chi connectivity index (χ0n) is 20.4. The lowest BCUT2D eigenvalue weighted by atomic mass is 10.1. The van der Waals surface area contributed by atoms with Gasteiger partial charge in [-0.3, -0.25) is 9.36 Å². The van der Waals surface area contributed by atoms with Crippen LogP contribution in [0.2, 0.25) is 0 Å². The molecule has 0 fully saturated rings. The van der Waals surface area contributed by atoms with E-state index in [0.717, 1.165) is 22.9 Å². The minimum Gasteiger partial charge on any atom is -0.497 e. The van der Waals surface area contributed by atoms with Crippen molar-refractivity contribution >= 4 is 23.4 Å². The number of alkyl halides is 6. The van der Waals surface area contributed by atoms with Crippen molar-refractivity contribution in [1.82, 2.24) is 14.8 Å². The number of anilines is 1. The molecule has 0 bridgehead atoms. The highest BCUT2D eigenvalue weighted by atomic mass is 32.2. The van der Waals surface area contributed by atoms with Crippen LogP contribution in [0.4, 0.5) is 32.0 Å². The smallest absolute Gasteiger partial charge is 0.416 e. The van der Waals surface area contributed by atoms with Crippen LogP contribution in [0.5, 0.6) is 5.75 Å². The Morgan fingerprint density at radius 2 is 1.56 bits per heavy atom. The number of methoxy groups -OCH3 is 1. The number of aryl methyl sites for hydroxylation is 1. The molecule has 1 N–H and O–H groups in total. The minimum atomic E-state index is -5.03. The monoisotopic (exact) mass is 566 g/mol. The van der Waals surface area contributed by atoms with Crippen LogP contribution in [0, 0.1) is 6.92 Å². The molecule has 3 aromatic carbocycles. The third kappa shape index (κ3) is 6.72. The van der Waals surface area contributed by atoms with E-state index in [-0.39, 0.29) is 17.0 Å². The number of thioether (sulfide) groups is 1. The first-order chi connectivity index (χ1) is 18.3. The van der Waals surface area contributed by atoms with Crippen molar-refractivity contribution in [2.24, 2.45) is 0 Å². The Kier molecular flexibility index (Phi) is 7.91. The van der Waals surface area contributed by atoms with Crippen LogP contribution in [-0.2, 0) is 17.1 Å². The van der Waals surface area contributed by atoms with E-state index >= 15 is 0 Å². The second-order valence-electron chi connectivity index (χ2n) is 8.34. The fourth-order valence-corrected chi connectivity index (χ4v) is 4.40. The van der Waals surface area contributed by atoms with Crippen LogP contribution >= 0.6 is 11.8 Å². The topological polar surface area (TPSA) is 69.0 Å². The zero-order valence-corrected chi connectivity index (χ0v) is 21.2. The molecule has 4 rings (SSSR count). The van der Waals surface area contributed by atoms with Crippen molar-refractivity contribution in [3.63, 3.8) is 0 Å². The number of carbonyl (C=O) groups excluding carboxylic acids is 1. The number of benzene rings is 3. The van der Waals surface area contributed by atoms with Gasteiger partial charge < -0.3 is 10.1 Å². The van der Waals surface area contributed by atoms with Gasteiger partial charge in [-0.15, -0.1) is 10.2 Å². The first-order valence-corrected chi connectivity index (χ1v) is 12.2. The van der Waals surface area contributed by atoms with Gasteiger partial charge in [0.25, 0.3) is 0 Å². The van der Waals surface area contributed by atoms with Gasteiger partial charge >= 0.3 is 12.4 Å². The fourth-order valence-electron chi connectivity index (χ4n) is 3.65. The molecule has 0 aliphatic heterocycles. The van der Waals surface area contributed by atoms with Gasteiger partial charge in [-0.1, -0.05) is 35.5 Å². The predicted octanol–water partition coefficient (Wildman–Crippen LogP) is 7.02. The Hall–Kier alpha value is -4.00. The van der Waals surface area contributed by atoms with Crippen LogP contribution in [0.15, 0.2) is 71.9 Å². The van der Waals surface area contributed by atoms with E-state index in [1.807, 2.05) is 31.2 Å². The van der Waals surface area contributed by atoms with E-state index in [1.165, 1.54) is 7.11 Å². The van der Waals surface area contributed by atoms with E-state index in [0.29, 0.717) is 29.4 Å². The molecule has 0 spiro atoms. The quantitative estimate of drug-likeness (QED) is 0.192. The Morgan fingerprint density at radius 3 is 2.13 bits per heavy atom. The number of nitrogens with zero attached hydrogens (tertiary/aromatic N) is 3. The lowest BCUT2D eigenvalue weighted by Gasteiger charge is -2.15. The molecule has 39 heavy (non-hydrogen) atoms. The summed E-state index contributed by atoms with van der Waals surface area (Å²) in [6, 6.07) is 15.4. The number of hydrogen-bond acceptors (Lipinski definition) is 5. The van der Waals surface area contributed by atoms with Gasteiger partial charge in [0, 0.05) is 16.9 Å². The average Bonchev–Trinajstić information content (AvgIpc) is 3.30. The predicted molar refractivity (Wildman–Crippen MR) is 134 cm³/mol. The summed E-state index contributed by atoms with van der Waals surface area (Å²) >= 11 is 0.920. The zero-order chi connectivity index (χ0) is 28.4. The highest BCUT2D eigenvalue weighted by Gasteiger charge is 2.37. The van der Waals surface area contributed by atoms with Gasteiger partial charge in [-0.2, -0.15) is 26.3 Å². The average molecular weight is 567 g/mol. The summed E-state index contributed by atoms with van der Waals surface area (Å²) in [5.74, 6) is -0.107. The number of hydrogen-bond donors (Lipinski definition) is 1. The second kappa shape index (κ2) is 11.0. The molecule has 4 aromatic rings. The van der Waals surface area contributed by atoms with Crippen LogP contribution in [0.3, 0.4) is 0 Å². The summed E-state index contributed by atoms with van der Waals surface area (Å²) in [7, 11) is 1.52. The van der Waals surface area contributed by atoms with Crippen molar-refractivity contribution < 1.29 is 35.9 Å². The van der Waals surface area contributed by atoms with Crippen molar-refractivity contribution in [1.29, 1.82) is 0 Å². The van der Waals surface area contributed by atoms with Gasteiger partial charge in [0.05, 0.1) is 24.0 Å². The summed E-state index contributed by atoms with van der Waals surface area (Å²) in [5.41, 5.74) is -1.31. The van der Waals surface area contributed by atoms with Crippen LogP contribution in [0.1, 0.15) is 16.7 Å². The molecule has 1 amide bonds. The molecule has 1 heterocycles. The lowest BCUT2D eigenvalue weighted by Crippen LogP contribution is -2.17. The van der Waals surface area contributed by atoms with E-state index in [2.05, 4.69) is 15.5 Å². The van der Waals surface area contributed by atoms with Gasteiger partial charge in [0.1, 0.15) is 5.75 Å². The minimum absolute atomic E-state index is 0.00540. The van der Waals surface area contributed by atoms with Crippen LogP contribution in [-0.4, -0.2) is 33.5 Å². The number of ether oxygens (including phenoxy) is 1. The molecule has 1 aromatic heterocycles. The number of halogens is 6. The molecule has 13 heteroatoms. The normalized spacial score (nSPS) is 11.9. The maximum atomic E-state index is 13.2. The van der Waals surface area contributed by atoms with Gasteiger partial charge in [0.2, 0.25) is 5.91 Å². The second-order valence-corrected chi connectivity index (χ2v) is 9.28. The molecule has 0 aliphatic carbocycles. The molecule has 0 saturated carbocycles. The first kappa shape index (κ1) is 28.0. The molecule has 0 radical (unpaired) electrons. The number of aromatic nitrogens is 3. The van der Waals surface area contributed by atoms with Crippen molar-refractivity contribution in [3.8, 4) is 22.8 Å². The molecule has 0 unspecified atom stereocenters. The van der Waals surface area contributed by atoms with E-state index < -0.39 is 35.1 Å². The molecular formula is C26H20F6N4O2S. The van der Waals surface area contributed by atoms with E-state index in [1.54, 1.807) is 28.8 Å². The third-order valence-corrected chi connectivity index (χ3v) is 6.37. The van der Waals surface area contributed by atoms with Crippen LogP contribution < -0.4 is 10.1 Å². The Morgan fingerprint density at radius 1 is 0.923 bits per heavy atom. The lowest BCUT2D eigenvalue weighted by molar-refractivity contribution is -0.143.